The molecule has 2 aromatic heterocycles. The van der Waals surface area contributed by atoms with Gasteiger partial charge in [0.1, 0.15) is 0 Å². The van der Waals surface area contributed by atoms with E-state index in [-0.39, 0.29) is 9.79 Å². The van der Waals surface area contributed by atoms with E-state index < -0.39 is 15.9 Å². The summed E-state index contributed by atoms with van der Waals surface area (Å²) in [5.74, 6) is 0. The highest BCUT2D eigenvalue weighted by Crippen LogP contribution is 2.28. The third-order valence-electron chi connectivity index (χ3n) is 4.64. The second-order valence-corrected chi connectivity index (χ2v) is 8.57. The Hall–Kier alpha value is -3.72. The summed E-state index contributed by atoms with van der Waals surface area (Å²) in [4.78, 5) is 16.4. The van der Waals surface area contributed by atoms with Crippen molar-refractivity contribution in [2.75, 3.05) is 5.32 Å². The predicted molar refractivity (Wildman–Crippen MR) is 113 cm³/mol. The maximum absolute atomic E-state index is 13.1. The number of hydrogen-bond acceptors (Lipinski definition) is 5. The molecule has 0 radical (unpaired) electrons. The summed E-state index contributed by atoms with van der Waals surface area (Å²) in [7, 11) is -1.97. The van der Waals surface area contributed by atoms with Gasteiger partial charge in [0.25, 0.3) is 0 Å². The quantitative estimate of drug-likeness (QED) is 0.515. The van der Waals surface area contributed by atoms with Crippen molar-refractivity contribution in [1.82, 2.24) is 20.1 Å². The maximum atomic E-state index is 13.1. The average molecular weight is 421 g/mol. The first kappa shape index (κ1) is 19.6. The highest BCUT2D eigenvalue weighted by Gasteiger charge is 2.21. The molecule has 0 unspecified atom stereocenters. The Morgan fingerprint density at radius 2 is 1.83 bits per heavy atom. The molecule has 30 heavy (non-hydrogen) atoms. The Bertz CT molecular complexity index is 1300. The molecule has 2 aromatic carbocycles. The topological polar surface area (TPSA) is 106 Å². The van der Waals surface area contributed by atoms with Crippen LogP contribution in [0.1, 0.15) is 5.56 Å². The molecule has 152 valence electrons. The predicted octanol–water partition coefficient (Wildman–Crippen LogP) is 3.12. The molecule has 0 aliphatic carbocycles. The Labute approximate surface area is 173 Å². The first-order valence-electron chi connectivity index (χ1n) is 9.15. The van der Waals surface area contributed by atoms with Crippen LogP contribution in [0.2, 0.25) is 0 Å². The van der Waals surface area contributed by atoms with Crippen LogP contribution in [0, 0.1) is 0 Å². The van der Waals surface area contributed by atoms with Crippen molar-refractivity contribution in [2.45, 2.75) is 16.3 Å². The molecular formula is C21H19N5O3S. The van der Waals surface area contributed by atoms with Crippen LogP contribution in [0.5, 0.6) is 0 Å². The van der Waals surface area contributed by atoms with Gasteiger partial charge in [0.05, 0.1) is 21.5 Å². The maximum Gasteiger partial charge on any atom is 0.319 e. The first-order valence-corrected chi connectivity index (χ1v) is 10.6. The van der Waals surface area contributed by atoms with Gasteiger partial charge in [0.15, 0.2) is 0 Å². The third-order valence-corrected chi connectivity index (χ3v) is 6.47. The molecule has 4 rings (SSSR count). The molecular weight excluding hydrogens is 402 g/mol. The molecule has 9 heteroatoms. The summed E-state index contributed by atoms with van der Waals surface area (Å²) in [6, 6.07) is 14.4. The van der Waals surface area contributed by atoms with E-state index in [2.05, 4.69) is 20.7 Å². The monoisotopic (exact) mass is 421 g/mol. The zero-order chi connectivity index (χ0) is 21.1. The minimum atomic E-state index is -3.73. The minimum Gasteiger partial charge on any atom is -0.334 e. The van der Waals surface area contributed by atoms with Crippen LogP contribution in [-0.2, 0) is 23.4 Å². The van der Waals surface area contributed by atoms with Gasteiger partial charge in [0.2, 0.25) is 9.84 Å². The molecule has 2 heterocycles. The number of carbonyl (C=O) groups is 1. The van der Waals surface area contributed by atoms with E-state index in [0.717, 1.165) is 11.1 Å². The number of aromatic nitrogens is 3. The zero-order valence-electron chi connectivity index (χ0n) is 16.1. The average Bonchev–Trinajstić information content (AvgIpc) is 3.14. The highest BCUT2D eigenvalue weighted by molar-refractivity contribution is 7.91. The van der Waals surface area contributed by atoms with Crippen molar-refractivity contribution in [1.29, 1.82) is 0 Å². The van der Waals surface area contributed by atoms with E-state index in [1.54, 1.807) is 60.7 Å². The van der Waals surface area contributed by atoms with Crippen molar-refractivity contribution in [3.05, 3.63) is 78.8 Å². The van der Waals surface area contributed by atoms with E-state index in [9.17, 15) is 13.2 Å². The molecule has 0 aliphatic heterocycles. The van der Waals surface area contributed by atoms with E-state index in [1.165, 1.54) is 12.1 Å². The van der Waals surface area contributed by atoms with Crippen LogP contribution in [0.3, 0.4) is 0 Å². The number of fused-ring (bicyclic) bond motifs is 1. The molecule has 0 aliphatic rings. The number of nitrogens with zero attached hydrogens (tertiary/aromatic N) is 3. The van der Waals surface area contributed by atoms with Crippen molar-refractivity contribution < 1.29 is 13.2 Å². The number of urea groups is 1. The van der Waals surface area contributed by atoms with E-state index in [1.807, 2.05) is 12.1 Å². The molecule has 2 N–H and O–H groups in total. The van der Waals surface area contributed by atoms with Crippen molar-refractivity contribution >= 4 is 32.5 Å². The number of carbonyl (C=O) groups excluding carboxylic acids is 1. The molecule has 0 fully saturated rings. The summed E-state index contributed by atoms with van der Waals surface area (Å²) in [5, 5.41) is 10.1. The summed E-state index contributed by atoms with van der Waals surface area (Å²) in [5.41, 5.74) is 2.09. The van der Waals surface area contributed by atoms with E-state index in [0.29, 0.717) is 17.6 Å². The van der Waals surface area contributed by atoms with Crippen LogP contribution < -0.4 is 10.6 Å². The number of anilines is 1. The second-order valence-electron chi connectivity index (χ2n) is 6.65. The fraction of sp³-hybridized carbons (Fsp3) is 0.0952. The molecule has 0 atom stereocenters. The van der Waals surface area contributed by atoms with Crippen molar-refractivity contribution in [2.24, 2.45) is 7.05 Å². The SMILES string of the molecule is Cn1ncc2c(S(=O)(=O)c3ccc(NC(=O)NCc4cccnc4)cc3)cccc21. The highest BCUT2D eigenvalue weighted by atomic mass is 32.2. The van der Waals surface area contributed by atoms with Gasteiger partial charge in [-0.1, -0.05) is 12.1 Å². The second kappa shape index (κ2) is 7.96. The number of amides is 2. The summed E-state index contributed by atoms with van der Waals surface area (Å²) >= 11 is 0. The lowest BCUT2D eigenvalue weighted by Crippen LogP contribution is -2.28. The molecule has 0 spiro atoms. The smallest absolute Gasteiger partial charge is 0.319 e. The standard InChI is InChI=1S/C21H19N5O3S/c1-26-19-5-2-6-20(18(19)14-24-26)30(28,29)17-9-7-16(8-10-17)25-21(27)23-13-15-4-3-11-22-12-15/h2-12,14H,13H2,1H3,(H2,23,25,27). The first-order chi connectivity index (χ1) is 14.4. The van der Waals surface area contributed by atoms with Gasteiger partial charge in [-0.25, -0.2) is 13.2 Å². The third kappa shape index (κ3) is 3.87. The number of aryl methyl sites for hydroxylation is 1. The summed E-state index contributed by atoms with van der Waals surface area (Å²) < 4.78 is 27.8. The van der Waals surface area contributed by atoms with Gasteiger partial charge in [-0.15, -0.1) is 0 Å². The number of nitrogens with one attached hydrogen (secondary N) is 2. The minimum absolute atomic E-state index is 0.139. The largest absolute Gasteiger partial charge is 0.334 e. The van der Waals surface area contributed by atoms with Crippen molar-refractivity contribution in [3.8, 4) is 0 Å². The molecule has 0 saturated carbocycles. The Morgan fingerprint density at radius 1 is 1.03 bits per heavy atom. The van der Waals surface area contributed by atoms with E-state index in [4.69, 9.17) is 0 Å². The van der Waals surface area contributed by atoms with Gasteiger partial charge in [-0.05, 0) is 48.0 Å². The van der Waals surface area contributed by atoms with Crippen LogP contribution in [0.4, 0.5) is 10.5 Å². The zero-order valence-corrected chi connectivity index (χ0v) is 16.9. The Morgan fingerprint density at radius 3 is 2.57 bits per heavy atom. The summed E-state index contributed by atoms with van der Waals surface area (Å²) in [6.07, 6.45) is 4.88. The van der Waals surface area contributed by atoms with Crippen LogP contribution >= 0.6 is 0 Å². The van der Waals surface area contributed by atoms with Crippen LogP contribution in [-0.4, -0.2) is 29.2 Å². The molecule has 2 amide bonds. The number of benzene rings is 2. The fourth-order valence-electron chi connectivity index (χ4n) is 3.09. The molecule has 0 saturated heterocycles. The molecule has 0 bridgehead atoms. The molecule has 4 aromatic rings. The van der Waals surface area contributed by atoms with E-state index >= 15 is 0 Å². The van der Waals surface area contributed by atoms with Gasteiger partial charge < -0.3 is 10.6 Å². The van der Waals surface area contributed by atoms with Gasteiger partial charge in [-0.3, -0.25) is 9.67 Å². The lowest BCUT2D eigenvalue weighted by molar-refractivity contribution is 0.251. The Balaban J connectivity index is 1.49. The normalized spacial score (nSPS) is 11.4. The lowest BCUT2D eigenvalue weighted by atomic mass is 10.2. The lowest BCUT2D eigenvalue weighted by Gasteiger charge is -2.09. The van der Waals surface area contributed by atoms with Crippen molar-refractivity contribution in [3.63, 3.8) is 0 Å². The number of pyridine rings is 1. The Kier molecular flexibility index (Phi) is 5.20. The van der Waals surface area contributed by atoms with Gasteiger partial charge >= 0.3 is 6.03 Å². The molecule has 8 nitrogen and oxygen atoms in total. The number of rotatable bonds is 5. The van der Waals surface area contributed by atoms with Gasteiger partial charge in [0, 0.05) is 37.1 Å². The van der Waals surface area contributed by atoms with Crippen LogP contribution in [0.15, 0.2) is 83.0 Å². The number of sulfone groups is 1. The fourth-order valence-corrected chi connectivity index (χ4v) is 4.54. The number of hydrogen-bond donors (Lipinski definition) is 2. The van der Waals surface area contributed by atoms with Gasteiger partial charge in [-0.2, -0.15) is 5.10 Å². The van der Waals surface area contributed by atoms with Crippen LogP contribution in [0.25, 0.3) is 10.9 Å². The summed E-state index contributed by atoms with van der Waals surface area (Å²) in [6.45, 7) is 0.335.